The highest BCUT2D eigenvalue weighted by atomic mass is 16.5. The van der Waals surface area contributed by atoms with Gasteiger partial charge in [0.05, 0.1) is 0 Å². The highest BCUT2D eigenvalue weighted by Crippen LogP contribution is 2.28. The van der Waals surface area contributed by atoms with Gasteiger partial charge in [0.1, 0.15) is 0 Å². The summed E-state index contributed by atoms with van der Waals surface area (Å²) < 4.78 is 5.26. The van der Waals surface area contributed by atoms with Gasteiger partial charge in [-0.25, -0.2) is 0 Å². The number of likely N-dealkylation sites (tertiary alicyclic amines) is 1. The van der Waals surface area contributed by atoms with Crippen molar-refractivity contribution in [1.29, 1.82) is 0 Å². The predicted molar refractivity (Wildman–Crippen MR) is 76.8 cm³/mol. The van der Waals surface area contributed by atoms with Crippen LogP contribution in [0.25, 0.3) is 0 Å². The lowest BCUT2D eigenvalue weighted by atomic mass is 9.93. The first-order valence-corrected chi connectivity index (χ1v) is 7.11. The molecule has 19 heavy (non-hydrogen) atoms. The standard InChI is InChI=1S/C15H25N3O/c1-12(16)15(14-3-7-17-8-4-14)18-9-5-13(6-10-18)11-19-2/h3-4,7-8,12-13,15H,5-6,9-11,16H2,1-2H3. The molecule has 1 aliphatic heterocycles. The van der Waals surface area contributed by atoms with E-state index in [9.17, 15) is 0 Å². The van der Waals surface area contributed by atoms with Gasteiger partial charge in [0.25, 0.3) is 0 Å². The molecule has 1 saturated heterocycles. The summed E-state index contributed by atoms with van der Waals surface area (Å²) in [6.45, 7) is 5.17. The molecule has 106 valence electrons. The molecule has 2 unspecified atom stereocenters. The number of nitrogens with two attached hydrogens (primary N) is 1. The Morgan fingerprint density at radius 2 is 2.00 bits per heavy atom. The molecular weight excluding hydrogens is 238 g/mol. The summed E-state index contributed by atoms with van der Waals surface area (Å²) in [5.74, 6) is 0.701. The SMILES string of the molecule is COCC1CCN(C(c2ccncc2)C(C)N)CC1. The Hall–Kier alpha value is -0.970. The van der Waals surface area contributed by atoms with Crippen molar-refractivity contribution in [2.75, 3.05) is 26.8 Å². The van der Waals surface area contributed by atoms with E-state index in [4.69, 9.17) is 10.5 Å². The summed E-state index contributed by atoms with van der Waals surface area (Å²) in [5.41, 5.74) is 7.48. The third-order valence-electron chi connectivity index (χ3n) is 3.99. The molecule has 1 aromatic heterocycles. The van der Waals surface area contributed by atoms with Crippen molar-refractivity contribution in [2.24, 2.45) is 11.7 Å². The number of nitrogens with zero attached hydrogens (tertiary/aromatic N) is 2. The first kappa shape index (κ1) is 14.4. The number of aromatic nitrogens is 1. The third-order valence-corrected chi connectivity index (χ3v) is 3.99. The van der Waals surface area contributed by atoms with Crippen LogP contribution in [0.4, 0.5) is 0 Å². The molecule has 2 heterocycles. The predicted octanol–water partition coefficient (Wildman–Crippen LogP) is 1.83. The highest BCUT2D eigenvalue weighted by Gasteiger charge is 2.28. The molecule has 2 atom stereocenters. The summed E-state index contributed by atoms with van der Waals surface area (Å²) in [6, 6.07) is 4.58. The van der Waals surface area contributed by atoms with Crippen molar-refractivity contribution in [2.45, 2.75) is 31.8 Å². The summed E-state index contributed by atoms with van der Waals surface area (Å²) >= 11 is 0. The Labute approximate surface area is 116 Å². The van der Waals surface area contributed by atoms with Crippen LogP contribution in [0.15, 0.2) is 24.5 Å². The van der Waals surface area contributed by atoms with Crippen LogP contribution in [0, 0.1) is 5.92 Å². The van der Waals surface area contributed by atoms with Gasteiger partial charge in [0.15, 0.2) is 0 Å². The smallest absolute Gasteiger partial charge is 0.0497 e. The van der Waals surface area contributed by atoms with Crippen molar-refractivity contribution in [3.63, 3.8) is 0 Å². The van der Waals surface area contributed by atoms with Crippen LogP contribution < -0.4 is 5.73 Å². The van der Waals surface area contributed by atoms with E-state index in [-0.39, 0.29) is 6.04 Å². The third kappa shape index (κ3) is 3.75. The maximum Gasteiger partial charge on any atom is 0.0497 e. The van der Waals surface area contributed by atoms with Crippen molar-refractivity contribution in [1.82, 2.24) is 9.88 Å². The van der Waals surface area contributed by atoms with Crippen molar-refractivity contribution >= 4 is 0 Å². The molecule has 0 amide bonds. The van der Waals surface area contributed by atoms with Gasteiger partial charge in [0.2, 0.25) is 0 Å². The second kappa shape index (κ2) is 6.98. The van der Waals surface area contributed by atoms with E-state index < -0.39 is 0 Å². The Morgan fingerprint density at radius 3 is 2.53 bits per heavy atom. The van der Waals surface area contributed by atoms with Crippen LogP contribution in [-0.2, 0) is 4.74 Å². The van der Waals surface area contributed by atoms with Crippen molar-refractivity contribution in [3.8, 4) is 0 Å². The van der Waals surface area contributed by atoms with Gasteiger partial charge >= 0.3 is 0 Å². The zero-order chi connectivity index (χ0) is 13.7. The molecule has 0 radical (unpaired) electrons. The van der Waals surface area contributed by atoms with Gasteiger partial charge in [-0.15, -0.1) is 0 Å². The second-order valence-corrected chi connectivity index (χ2v) is 5.52. The summed E-state index contributed by atoms with van der Waals surface area (Å²) in [4.78, 5) is 6.60. The van der Waals surface area contributed by atoms with Gasteiger partial charge in [-0.3, -0.25) is 9.88 Å². The van der Waals surface area contributed by atoms with Gasteiger partial charge in [0, 0.05) is 38.2 Å². The van der Waals surface area contributed by atoms with E-state index in [0.29, 0.717) is 12.0 Å². The number of piperidine rings is 1. The normalized spacial score (nSPS) is 21.2. The van der Waals surface area contributed by atoms with Crippen LogP contribution in [-0.4, -0.2) is 42.7 Å². The number of hydrogen-bond donors (Lipinski definition) is 1. The lowest BCUT2D eigenvalue weighted by molar-refractivity contribution is 0.0736. The van der Waals surface area contributed by atoms with E-state index in [1.165, 1.54) is 18.4 Å². The van der Waals surface area contributed by atoms with Crippen molar-refractivity contribution < 1.29 is 4.74 Å². The van der Waals surface area contributed by atoms with Crippen molar-refractivity contribution in [3.05, 3.63) is 30.1 Å². The Balaban J connectivity index is 2.02. The largest absolute Gasteiger partial charge is 0.384 e. The number of pyridine rings is 1. The molecule has 0 saturated carbocycles. The van der Waals surface area contributed by atoms with E-state index in [2.05, 4.69) is 28.9 Å². The molecule has 0 aliphatic carbocycles. The summed E-state index contributed by atoms with van der Waals surface area (Å²) in [5, 5.41) is 0. The monoisotopic (exact) mass is 263 g/mol. The minimum atomic E-state index is 0.126. The average molecular weight is 263 g/mol. The molecule has 0 aromatic carbocycles. The number of hydrogen-bond acceptors (Lipinski definition) is 4. The minimum Gasteiger partial charge on any atom is -0.384 e. The zero-order valence-corrected chi connectivity index (χ0v) is 12.0. The molecular formula is C15H25N3O. The molecule has 0 bridgehead atoms. The second-order valence-electron chi connectivity index (χ2n) is 5.52. The topological polar surface area (TPSA) is 51.4 Å². The molecule has 1 aliphatic rings. The quantitative estimate of drug-likeness (QED) is 0.880. The summed E-state index contributed by atoms with van der Waals surface area (Å²) in [6.07, 6.45) is 6.09. The minimum absolute atomic E-state index is 0.126. The van der Waals surface area contributed by atoms with Gasteiger partial charge in [-0.05, 0) is 56.5 Å². The Kier molecular flexibility index (Phi) is 5.31. The van der Waals surface area contributed by atoms with Crippen LogP contribution in [0.2, 0.25) is 0 Å². The molecule has 2 N–H and O–H groups in total. The van der Waals surface area contributed by atoms with E-state index >= 15 is 0 Å². The molecule has 4 heteroatoms. The average Bonchev–Trinajstić information content (AvgIpc) is 2.42. The van der Waals surface area contributed by atoms with Crippen LogP contribution in [0.5, 0.6) is 0 Å². The molecule has 1 fully saturated rings. The molecule has 2 rings (SSSR count). The fraction of sp³-hybridized carbons (Fsp3) is 0.667. The Morgan fingerprint density at radius 1 is 1.37 bits per heavy atom. The fourth-order valence-corrected chi connectivity index (χ4v) is 3.04. The number of methoxy groups -OCH3 is 1. The zero-order valence-electron chi connectivity index (χ0n) is 12.0. The maximum atomic E-state index is 6.21. The fourth-order valence-electron chi connectivity index (χ4n) is 3.04. The van der Waals surface area contributed by atoms with Gasteiger partial charge in [-0.2, -0.15) is 0 Å². The first-order valence-electron chi connectivity index (χ1n) is 7.11. The number of rotatable bonds is 5. The van der Waals surface area contributed by atoms with Crippen LogP contribution in [0.3, 0.4) is 0 Å². The molecule has 1 aromatic rings. The maximum absolute atomic E-state index is 6.21. The Bertz CT molecular complexity index is 361. The van der Waals surface area contributed by atoms with E-state index in [0.717, 1.165) is 19.7 Å². The van der Waals surface area contributed by atoms with Gasteiger partial charge < -0.3 is 10.5 Å². The lowest BCUT2D eigenvalue weighted by Crippen LogP contribution is -2.44. The first-order chi connectivity index (χ1) is 9.22. The lowest BCUT2D eigenvalue weighted by Gasteiger charge is -2.39. The van der Waals surface area contributed by atoms with Crippen LogP contribution >= 0.6 is 0 Å². The molecule has 4 nitrogen and oxygen atoms in total. The van der Waals surface area contributed by atoms with E-state index in [1.54, 1.807) is 7.11 Å². The van der Waals surface area contributed by atoms with E-state index in [1.807, 2.05) is 12.4 Å². The highest BCUT2D eigenvalue weighted by molar-refractivity contribution is 5.17. The number of ether oxygens (including phenoxy) is 1. The summed E-state index contributed by atoms with van der Waals surface area (Å²) in [7, 11) is 1.79. The van der Waals surface area contributed by atoms with Crippen LogP contribution in [0.1, 0.15) is 31.4 Å². The molecule has 0 spiro atoms. The van der Waals surface area contributed by atoms with Gasteiger partial charge in [-0.1, -0.05) is 0 Å².